The molecule has 0 unspecified atom stereocenters. The van der Waals surface area contributed by atoms with Crippen molar-refractivity contribution in [2.45, 2.75) is 38.6 Å². The van der Waals surface area contributed by atoms with Crippen LogP contribution in [0.3, 0.4) is 0 Å². The molecule has 0 saturated carbocycles. The van der Waals surface area contributed by atoms with Crippen LogP contribution in [0.25, 0.3) is 0 Å². The minimum atomic E-state index is -0.445. The molecular formula is C20H24N2O4S. The molecule has 6 nitrogen and oxygen atoms in total. The number of carbonyl (C=O) groups is 1. The Morgan fingerprint density at radius 3 is 2.63 bits per heavy atom. The number of piperidine rings is 1. The fourth-order valence-electron chi connectivity index (χ4n) is 3.51. The van der Waals surface area contributed by atoms with Gasteiger partial charge in [-0.25, -0.2) is 4.98 Å². The SMILES string of the molecule is Cc1nc(COc2ccccc2)sc1CC(=O)N1CCC2(CC1)OCCO2. The highest BCUT2D eigenvalue weighted by Gasteiger charge is 2.40. The van der Waals surface area contributed by atoms with Gasteiger partial charge in [-0.1, -0.05) is 18.2 Å². The van der Waals surface area contributed by atoms with E-state index in [1.807, 2.05) is 42.2 Å². The Morgan fingerprint density at radius 2 is 1.93 bits per heavy atom. The van der Waals surface area contributed by atoms with Crippen LogP contribution in [0.5, 0.6) is 5.75 Å². The lowest BCUT2D eigenvalue weighted by Gasteiger charge is -2.37. The molecule has 7 heteroatoms. The molecule has 1 aromatic carbocycles. The molecule has 0 N–H and O–H groups in total. The number of hydrogen-bond donors (Lipinski definition) is 0. The molecule has 1 aromatic heterocycles. The van der Waals surface area contributed by atoms with Gasteiger partial charge in [-0.3, -0.25) is 4.79 Å². The van der Waals surface area contributed by atoms with Crippen LogP contribution in [0.4, 0.5) is 0 Å². The molecule has 3 heterocycles. The number of ether oxygens (including phenoxy) is 3. The monoisotopic (exact) mass is 388 g/mol. The number of carbonyl (C=O) groups excluding carboxylic acids is 1. The molecule has 1 spiro atoms. The van der Waals surface area contributed by atoms with Crippen molar-refractivity contribution in [1.82, 2.24) is 9.88 Å². The van der Waals surface area contributed by atoms with Crippen molar-refractivity contribution in [3.8, 4) is 5.75 Å². The van der Waals surface area contributed by atoms with Crippen LogP contribution in [0.2, 0.25) is 0 Å². The van der Waals surface area contributed by atoms with E-state index in [4.69, 9.17) is 14.2 Å². The highest BCUT2D eigenvalue weighted by molar-refractivity contribution is 7.11. The lowest BCUT2D eigenvalue weighted by molar-refractivity contribution is -0.187. The Balaban J connectivity index is 1.31. The fraction of sp³-hybridized carbons (Fsp3) is 0.500. The molecule has 27 heavy (non-hydrogen) atoms. The zero-order chi connectivity index (χ0) is 18.7. The summed E-state index contributed by atoms with van der Waals surface area (Å²) in [6.07, 6.45) is 1.89. The first kappa shape index (κ1) is 18.4. The Hall–Kier alpha value is -1.96. The lowest BCUT2D eigenvalue weighted by Crippen LogP contribution is -2.47. The number of aryl methyl sites for hydroxylation is 1. The molecule has 2 aliphatic heterocycles. The molecule has 2 fully saturated rings. The first-order valence-electron chi connectivity index (χ1n) is 9.32. The molecule has 0 radical (unpaired) electrons. The zero-order valence-electron chi connectivity index (χ0n) is 15.5. The first-order valence-corrected chi connectivity index (χ1v) is 10.1. The highest BCUT2D eigenvalue weighted by atomic mass is 32.1. The minimum absolute atomic E-state index is 0.144. The van der Waals surface area contributed by atoms with Gasteiger partial charge in [0.15, 0.2) is 5.79 Å². The average Bonchev–Trinajstić information content (AvgIpc) is 3.28. The molecule has 2 saturated heterocycles. The summed E-state index contributed by atoms with van der Waals surface area (Å²) in [5, 5.41) is 0.893. The summed E-state index contributed by atoms with van der Waals surface area (Å²) < 4.78 is 17.2. The number of benzene rings is 1. The van der Waals surface area contributed by atoms with Gasteiger partial charge in [0.1, 0.15) is 17.4 Å². The number of para-hydroxylation sites is 1. The fourth-order valence-corrected chi connectivity index (χ4v) is 4.48. The Kier molecular flexibility index (Phi) is 5.43. The normalized spacial score (nSPS) is 18.8. The van der Waals surface area contributed by atoms with Crippen LogP contribution in [0.15, 0.2) is 30.3 Å². The number of thiazole rings is 1. The number of likely N-dealkylation sites (tertiary alicyclic amines) is 1. The van der Waals surface area contributed by atoms with E-state index in [9.17, 15) is 4.79 Å². The second kappa shape index (κ2) is 7.96. The number of aromatic nitrogens is 1. The Bertz CT molecular complexity index is 777. The number of amides is 1. The van der Waals surface area contributed by atoms with Crippen molar-refractivity contribution < 1.29 is 19.0 Å². The number of rotatable bonds is 5. The molecule has 0 atom stereocenters. The zero-order valence-corrected chi connectivity index (χ0v) is 16.3. The largest absolute Gasteiger partial charge is 0.486 e. The second-order valence-electron chi connectivity index (χ2n) is 6.88. The van der Waals surface area contributed by atoms with E-state index < -0.39 is 5.79 Å². The third-order valence-electron chi connectivity index (χ3n) is 5.05. The van der Waals surface area contributed by atoms with Crippen molar-refractivity contribution in [3.63, 3.8) is 0 Å². The van der Waals surface area contributed by atoms with E-state index in [0.29, 0.717) is 39.3 Å². The minimum Gasteiger partial charge on any atom is -0.486 e. The Morgan fingerprint density at radius 1 is 1.22 bits per heavy atom. The van der Waals surface area contributed by atoms with Crippen LogP contribution in [0, 0.1) is 6.92 Å². The summed E-state index contributed by atoms with van der Waals surface area (Å²) in [5.41, 5.74) is 0.913. The van der Waals surface area contributed by atoms with Gasteiger partial charge in [0.2, 0.25) is 5.91 Å². The smallest absolute Gasteiger partial charge is 0.227 e. The predicted molar refractivity (Wildman–Crippen MR) is 102 cm³/mol. The maximum atomic E-state index is 12.7. The summed E-state index contributed by atoms with van der Waals surface area (Å²) in [6.45, 7) is 5.05. The molecule has 0 aliphatic carbocycles. The third-order valence-corrected chi connectivity index (χ3v) is 6.18. The molecule has 1 amide bonds. The molecule has 2 aliphatic rings. The van der Waals surface area contributed by atoms with E-state index in [1.165, 1.54) is 0 Å². The van der Waals surface area contributed by atoms with E-state index in [2.05, 4.69) is 4.98 Å². The molecule has 4 rings (SSSR count). The average molecular weight is 388 g/mol. The maximum absolute atomic E-state index is 12.7. The van der Waals surface area contributed by atoms with Crippen LogP contribution < -0.4 is 4.74 Å². The van der Waals surface area contributed by atoms with Gasteiger partial charge < -0.3 is 19.1 Å². The van der Waals surface area contributed by atoms with E-state index in [-0.39, 0.29) is 5.91 Å². The third kappa shape index (κ3) is 4.31. The van der Waals surface area contributed by atoms with Crippen molar-refractivity contribution in [2.75, 3.05) is 26.3 Å². The second-order valence-corrected chi connectivity index (χ2v) is 8.05. The summed E-state index contributed by atoms with van der Waals surface area (Å²) in [7, 11) is 0. The number of nitrogens with zero attached hydrogens (tertiary/aromatic N) is 2. The van der Waals surface area contributed by atoms with E-state index in [1.54, 1.807) is 11.3 Å². The van der Waals surface area contributed by atoms with Crippen molar-refractivity contribution in [3.05, 3.63) is 45.9 Å². The van der Waals surface area contributed by atoms with Gasteiger partial charge in [0, 0.05) is 30.8 Å². The van der Waals surface area contributed by atoms with Crippen LogP contribution >= 0.6 is 11.3 Å². The van der Waals surface area contributed by atoms with Gasteiger partial charge in [-0.2, -0.15) is 0 Å². The summed E-state index contributed by atoms with van der Waals surface area (Å²) in [4.78, 5) is 20.2. The molecule has 144 valence electrons. The predicted octanol–water partition coefficient (Wildman–Crippen LogP) is 2.94. The molecule has 2 aromatic rings. The number of hydrogen-bond acceptors (Lipinski definition) is 6. The topological polar surface area (TPSA) is 60.9 Å². The lowest BCUT2D eigenvalue weighted by atomic mass is 10.0. The summed E-state index contributed by atoms with van der Waals surface area (Å²) in [6, 6.07) is 9.68. The van der Waals surface area contributed by atoms with Crippen molar-refractivity contribution >= 4 is 17.2 Å². The van der Waals surface area contributed by atoms with Gasteiger partial charge in [0.25, 0.3) is 0 Å². The van der Waals surface area contributed by atoms with Crippen molar-refractivity contribution in [2.24, 2.45) is 0 Å². The van der Waals surface area contributed by atoms with Crippen molar-refractivity contribution in [1.29, 1.82) is 0 Å². The van der Waals surface area contributed by atoms with Gasteiger partial charge in [0.05, 0.1) is 25.3 Å². The highest BCUT2D eigenvalue weighted by Crippen LogP contribution is 2.31. The molecular weight excluding hydrogens is 364 g/mol. The maximum Gasteiger partial charge on any atom is 0.227 e. The standard InChI is InChI=1S/C20H24N2O4S/c1-15-17(27-18(21-15)14-24-16-5-3-2-4-6-16)13-19(23)22-9-7-20(8-10-22)25-11-12-26-20/h2-6H,7-14H2,1H3. The van der Waals surface area contributed by atoms with Crippen LogP contribution in [0.1, 0.15) is 28.4 Å². The van der Waals surface area contributed by atoms with E-state index >= 15 is 0 Å². The summed E-state index contributed by atoms with van der Waals surface area (Å²) in [5.74, 6) is 0.519. The first-order chi connectivity index (χ1) is 13.1. The Labute approximate surface area is 163 Å². The van der Waals surface area contributed by atoms with Gasteiger partial charge >= 0.3 is 0 Å². The van der Waals surface area contributed by atoms with Crippen LogP contribution in [-0.2, 0) is 27.3 Å². The van der Waals surface area contributed by atoms with E-state index in [0.717, 1.165) is 34.2 Å². The molecule has 0 bridgehead atoms. The summed E-state index contributed by atoms with van der Waals surface area (Å²) >= 11 is 1.56. The van der Waals surface area contributed by atoms with Crippen LogP contribution in [-0.4, -0.2) is 47.9 Å². The van der Waals surface area contributed by atoms with Gasteiger partial charge in [-0.15, -0.1) is 11.3 Å². The van der Waals surface area contributed by atoms with Gasteiger partial charge in [-0.05, 0) is 19.1 Å². The quantitative estimate of drug-likeness (QED) is 0.788.